The number of Topliss-reactive ketones (excluding diaryl/α,β-unsaturated/α-hetero) is 1. The van der Waals surface area contributed by atoms with Gasteiger partial charge in [0.15, 0.2) is 0 Å². The van der Waals surface area contributed by atoms with Crippen molar-refractivity contribution in [2.75, 3.05) is 0 Å². The summed E-state index contributed by atoms with van der Waals surface area (Å²) in [6.45, 7) is 2.00. The first-order valence-electron chi connectivity index (χ1n) is 7.00. The standard InChI is InChI=1S/C16H18O3/c1-2-13(10-6-4-3-5-7-10)19-16(18)15-11-8-9-12(17)14(11)15/h3-7,11,13-15H,2,8-9H2,1H3. The van der Waals surface area contributed by atoms with Crippen LogP contribution >= 0.6 is 0 Å². The van der Waals surface area contributed by atoms with Crippen LogP contribution in [0.2, 0.25) is 0 Å². The molecular weight excluding hydrogens is 240 g/mol. The normalized spacial score (nSPS) is 29.7. The number of carbonyl (C=O) groups excluding carboxylic acids is 2. The van der Waals surface area contributed by atoms with Crippen LogP contribution in [0.15, 0.2) is 30.3 Å². The van der Waals surface area contributed by atoms with Gasteiger partial charge in [0, 0.05) is 12.3 Å². The Morgan fingerprint density at radius 2 is 2.11 bits per heavy atom. The van der Waals surface area contributed by atoms with Crippen molar-refractivity contribution in [1.29, 1.82) is 0 Å². The lowest BCUT2D eigenvalue weighted by Crippen LogP contribution is -2.16. The fourth-order valence-corrected chi connectivity index (χ4v) is 3.24. The molecule has 0 radical (unpaired) electrons. The molecule has 0 spiro atoms. The molecule has 1 aromatic carbocycles. The van der Waals surface area contributed by atoms with E-state index < -0.39 is 0 Å². The average molecular weight is 258 g/mol. The molecule has 2 fully saturated rings. The highest BCUT2D eigenvalue weighted by molar-refractivity contribution is 5.94. The number of benzene rings is 1. The van der Waals surface area contributed by atoms with Crippen LogP contribution < -0.4 is 0 Å². The Bertz CT molecular complexity index is 494. The molecule has 4 atom stereocenters. The van der Waals surface area contributed by atoms with E-state index in [-0.39, 0.29) is 35.6 Å². The fourth-order valence-electron chi connectivity index (χ4n) is 3.24. The van der Waals surface area contributed by atoms with Crippen LogP contribution in [0, 0.1) is 17.8 Å². The third-order valence-corrected chi connectivity index (χ3v) is 4.34. The highest BCUT2D eigenvalue weighted by Gasteiger charge is 2.62. The molecule has 19 heavy (non-hydrogen) atoms. The van der Waals surface area contributed by atoms with Crippen molar-refractivity contribution >= 4 is 11.8 Å². The van der Waals surface area contributed by atoms with E-state index in [4.69, 9.17) is 4.74 Å². The topological polar surface area (TPSA) is 43.4 Å². The van der Waals surface area contributed by atoms with Crippen LogP contribution in [-0.2, 0) is 14.3 Å². The third-order valence-electron chi connectivity index (χ3n) is 4.34. The Morgan fingerprint density at radius 3 is 2.68 bits per heavy atom. The molecule has 4 unspecified atom stereocenters. The van der Waals surface area contributed by atoms with E-state index >= 15 is 0 Å². The van der Waals surface area contributed by atoms with Crippen LogP contribution in [0.4, 0.5) is 0 Å². The number of hydrogen-bond donors (Lipinski definition) is 0. The molecule has 100 valence electrons. The van der Waals surface area contributed by atoms with Gasteiger partial charge < -0.3 is 4.74 Å². The molecule has 2 aliphatic rings. The highest BCUT2D eigenvalue weighted by atomic mass is 16.5. The van der Waals surface area contributed by atoms with Crippen molar-refractivity contribution in [2.45, 2.75) is 32.3 Å². The van der Waals surface area contributed by atoms with Gasteiger partial charge in [-0.25, -0.2) is 0 Å². The zero-order valence-corrected chi connectivity index (χ0v) is 11.0. The molecule has 0 heterocycles. The Hall–Kier alpha value is -1.64. The largest absolute Gasteiger partial charge is 0.457 e. The SMILES string of the molecule is CCC(OC(=O)C1C2CCC(=O)C21)c1ccccc1. The van der Waals surface area contributed by atoms with Gasteiger partial charge >= 0.3 is 5.97 Å². The molecule has 3 heteroatoms. The summed E-state index contributed by atoms with van der Waals surface area (Å²) in [6, 6.07) is 9.78. The zero-order chi connectivity index (χ0) is 13.4. The second-order valence-corrected chi connectivity index (χ2v) is 5.46. The Labute approximate surface area is 113 Å². The van der Waals surface area contributed by atoms with Gasteiger partial charge in [0.1, 0.15) is 11.9 Å². The summed E-state index contributed by atoms with van der Waals surface area (Å²) in [5.41, 5.74) is 1.02. The monoisotopic (exact) mass is 258 g/mol. The predicted octanol–water partition coefficient (Wildman–Crippen LogP) is 2.91. The van der Waals surface area contributed by atoms with Gasteiger partial charge in [-0.3, -0.25) is 9.59 Å². The maximum Gasteiger partial charge on any atom is 0.310 e. The summed E-state index contributed by atoms with van der Waals surface area (Å²) in [6.07, 6.45) is 2.08. The number of fused-ring (bicyclic) bond motifs is 1. The van der Waals surface area contributed by atoms with Crippen molar-refractivity contribution in [3.05, 3.63) is 35.9 Å². The van der Waals surface area contributed by atoms with Gasteiger partial charge in [-0.05, 0) is 24.3 Å². The second-order valence-electron chi connectivity index (χ2n) is 5.46. The lowest BCUT2D eigenvalue weighted by molar-refractivity contribution is -0.153. The quantitative estimate of drug-likeness (QED) is 0.780. The van der Waals surface area contributed by atoms with Crippen LogP contribution in [-0.4, -0.2) is 11.8 Å². The maximum atomic E-state index is 12.1. The minimum absolute atomic E-state index is 0.0271. The van der Waals surface area contributed by atoms with E-state index in [1.165, 1.54) is 0 Å². The average Bonchev–Trinajstić information content (AvgIpc) is 3.07. The molecule has 1 aromatic rings. The Balaban J connectivity index is 1.65. The van der Waals surface area contributed by atoms with Crippen molar-refractivity contribution in [1.82, 2.24) is 0 Å². The first-order valence-corrected chi connectivity index (χ1v) is 7.00. The van der Waals surface area contributed by atoms with Gasteiger partial charge in [-0.15, -0.1) is 0 Å². The van der Waals surface area contributed by atoms with Crippen LogP contribution in [0.1, 0.15) is 37.9 Å². The summed E-state index contributed by atoms with van der Waals surface area (Å²) >= 11 is 0. The molecule has 0 saturated heterocycles. The summed E-state index contributed by atoms with van der Waals surface area (Å²) in [7, 11) is 0. The summed E-state index contributed by atoms with van der Waals surface area (Å²) in [5, 5.41) is 0. The zero-order valence-electron chi connectivity index (χ0n) is 11.0. The Kier molecular flexibility index (Phi) is 3.13. The molecule has 2 saturated carbocycles. The van der Waals surface area contributed by atoms with E-state index in [2.05, 4.69) is 0 Å². The van der Waals surface area contributed by atoms with Crippen molar-refractivity contribution < 1.29 is 14.3 Å². The molecule has 3 rings (SSSR count). The van der Waals surface area contributed by atoms with Crippen LogP contribution in [0.3, 0.4) is 0 Å². The molecule has 0 aliphatic heterocycles. The second kappa shape index (κ2) is 4.80. The fraction of sp³-hybridized carbons (Fsp3) is 0.500. The summed E-state index contributed by atoms with van der Waals surface area (Å²) in [4.78, 5) is 23.7. The van der Waals surface area contributed by atoms with Gasteiger partial charge in [0.25, 0.3) is 0 Å². The van der Waals surface area contributed by atoms with E-state index in [0.717, 1.165) is 18.4 Å². The van der Waals surface area contributed by atoms with Gasteiger partial charge in [0.2, 0.25) is 0 Å². The maximum absolute atomic E-state index is 12.1. The van der Waals surface area contributed by atoms with E-state index in [0.29, 0.717) is 6.42 Å². The van der Waals surface area contributed by atoms with E-state index in [1.807, 2.05) is 37.3 Å². The molecular formula is C16H18O3. The molecule has 0 bridgehead atoms. The highest BCUT2D eigenvalue weighted by Crippen LogP contribution is 2.56. The first-order chi connectivity index (χ1) is 9.22. The third kappa shape index (κ3) is 2.18. The number of rotatable bonds is 4. The molecule has 0 N–H and O–H groups in total. The molecule has 2 aliphatic carbocycles. The number of ketones is 1. The van der Waals surface area contributed by atoms with Crippen molar-refractivity contribution in [3.63, 3.8) is 0 Å². The van der Waals surface area contributed by atoms with Gasteiger partial charge in [0.05, 0.1) is 5.92 Å². The number of carbonyl (C=O) groups is 2. The molecule has 0 aromatic heterocycles. The number of hydrogen-bond acceptors (Lipinski definition) is 3. The van der Waals surface area contributed by atoms with Crippen molar-refractivity contribution in [2.24, 2.45) is 17.8 Å². The van der Waals surface area contributed by atoms with Crippen LogP contribution in [0.5, 0.6) is 0 Å². The summed E-state index contributed by atoms with van der Waals surface area (Å²) in [5.74, 6) is 0.159. The minimum atomic E-state index is -0.190. The lowest BCUT2D eigenvalue weighted by atomic mass is 10.1. The molecule has 0 amide bonds. The smallest absolute Gasteiger partial charge is 0.310 e. The number of ether oxygens (including phenoxy) is 1. The van der Waals surface area contributed by atoms with Crippen molar-refractivity contribution in [3.8, 4) is 0 Å². The molecule has 3 nitrogen and oxygen atoms in total. The summed E-state index contributed by atoms with van der Waals surface area (Å²) < 4.78 is 5.60. The predicted molar refractivity (Wildman–Crippen MR) is 70.3 cm³/mol. The minimum Gasteiger partial charge on any atom is -0.457 e. The van der Waals surface area contributed by atoms with E-state index in [1.54, 1.807) is 0 Å². The van der Waals surface area contributed by atoms with Gasteiger partial charge in [-0.1, -0.05) is 37.3 Å². The Morgan fingerprint density at radius 1 is 1.37 bits per heavy atom. The van der Waals surface area contributed by atoms with Crippen LogP contribution in [0.25, 0.3) is 0 Å². The van der Waals surface area contributed by atoms with Gasteiger partial charge in [-0.2, -0.15) is 0 Å². The number of esters is 1. The first kappa shape index (κ1) is 12.4. The van der Waals surface area contributed by atoms with E-state index in [9.17, 15) is 9.59 Å². The lowest BCUT2D eigenvalue weighted by Gasteiger charge is -2.17.